The number of alkyl carbamates (subject to hydrolysis) is 1. The van der Waals surface area contributed by atoms with Gasteiger partial charge in [0, 0.05) is 5.56 Å². The fourth-order valence-corrected chi connectivity index (χ4v) is 6.24. The molecule has 39 heavy (non-hydrogen) atoms. The summed E-state index contributed by atoms with van der Waals surface area (Å²) in [5, 5.41) is 17.8. The lowest BCUT2D eigenvalue weighted by Crippen LogP contribution is -2.51. The van der Waals surface area contributed by atoms with Crippen LogP contribution < -0.4 is 21.4 Å². The molecule has 0 saturated heterocycles. The lowest BCUT2D eigenvalue weighted by Gasteiger charge is -2.27. The molecule has 1 fully saturated rings. The van der Waals surface area contributed by atoms with E-state index in [-0.39, 0.29) is 17.3 Å². The Morgan fingerprint density at radius 2 is 1.82 bits per heavy atom. The number of hydrogen-bond donors (Lipinski definition) is 3. The van der Waals surface area contributed by atoms with Crippen LogP contribution in [0.3, 0.4) is 0 Å². The first-order valence-corrected chi connectivity index (χ1v) is 18.2. The van der Waals surface area contributed by atoms with Crippen LogP contribution in [-0.4, -0.2) is 43.9 Å². The molecular formula is C30H48N2O6Si. The summed E-state index contributed by atoms with van der Waals surface area (Å²) in [7, 11) is -1.68. The average molecular weight is 561 g/mol. The lowest BCUT2D eigenvalue weighted by atomic mass is 9.90. The smallest absolute Gasteiger partial charge is 0.407 e. The topological polar surface area (TPSA) is 118 Å². The second-order valence-corrected chi connectivity index (χ2v) is 17.7. The van der Waals surface area contributed by atoms with Crippen LogP contribution in [0.2, 0.25) is 19.6 Å². The minimum atomic E-state index is -1.68. The molecule has 1 aliphatic carbocycles. The number of amides is 2. The van der Waals surface area contributed by atoms with Gasteiger partial charge >= 0.3 is 6.09 Å². The van der Waals surface area contributed by atoms with Gasteiger partial charge in [-0.25, -0.2) is 4.79 Å². The summed E-state index contributed by atoms with van der Waals surface area (Å²) in [4.78, 5) is 38.7. The van der Waals surface area contributed by atoms with Gasteiger partial charge in [-0.15, -0.1) is 0 Å². The Morgan fingerprint density at radius 3 is 2.41 bits per heavy atom. The summed E-state index contributed by atoms with van der Waals surface area (Å²) in [5.41, 5.74) is 0.483. The van der Waals surface area contributed by atoms with E-state index in [1.54, 1.807) is 6.07 Å². The van der Waals surface area contributed by atoms with E-state index in [9.17, 15) is 19.5 Å². The fraction of sp³-hybridized carbons (Fsp3) is 0.700. The van der Waals surface area contributed by atoms with Crippen molar-refractivity contribution in [2.45, 2.75) is 116 Å². The Morgan fingerprint density at radius 1 is 1.13 bits per heavy atom. The minimum absolute atomic E-state index is 0.150. The Balaban J connectivity index is 1.67. The van der Waals surface area contributed by atoms with Gasteiger partial charge in [0.1, 0.15) is 26.0 Å². The Kier molecular flexibility index (Phi) is 11.0. The number of hydrogen-bond acceptors (Lipinski definition) is 6. The van der Waals surface area contributed by atoms with Gasteiger partial charge in [-0.2, -0.15) is 0 Å². The molecule has 3 rings (SSSR count). The maximum Gasteiger partial charge on any atom is 0.407 e. The molecular weight excluding hydrogens is 512 g/mol. The highest BCUT2D eigenvalue weighted by Crippen LogP contribution is 2.33. The van der Waals surface area contributed by atoms with Crippen LogP contribution >= 0.6 is 0 Å². The number of nitrogens with one attached hydrogen (secondary N) is 2. The van der Waals surface area contributed by atoms with Gasteiger partial charge in [-0.1, -0.05) is 72.5 Å². The van der Waals surface area contributed by atoms with E-state index in [0.29, 0.717) is 42.3 Å². The third-order valence-corrected chi connectivity index (χ3v) is 9.38. The van der Waals surface area contributed by atoms with Gasteiger partial charge in [0.15, 0.2) is 5.43 Å². The van der Waals surface area contributed by atoms with E-state index in [1.165, 1.54) is 6.42 Å². The molecule has 218 valence electrons. The Hall–Kier alpha value is -2.39. The molecule has 2 aromatic rings. The van der Waals surface area contributed by atoms with Crippen LogP contribution in [0.4, 0.5) is 4.79 Å². The predicted octanol–water partition coefficient (Wildman–Crippen LogP) is 5.16. The molecule has 1 aromatic heterocycles. The minimum Gasteiger partial charge on any atom is -0.466 e. The van der Waals surface area contributed by atoms with E-state index >= 15 is 0 Å². The van der Waals surface area contributed by atoms with Gasteiger partial charge in [-0.05, 0) is 49.7 Å². The zero-order valence-corrected chi connectivity index (χ0v) is 25.6. The third kappa shape index (κ3) is 8.80. The van der Waals surface area contributed by atoms with Crippen LogP contribution in [0.5, 0.6) is 0 Å². The Labute approximate surface area is 234 Å². The molecule has 2 unspecified atom stereocenters. The number of carbonyl (C=O) groups is 2. The van der Waals surface area contributed by atoms with Crippen LogP contribution in [0.1, 0.15) is 90.2 Å². The molecule has 3 atom stereocenters. The molecule has 1 aromatic carbocycles. The summed E-state index contributed by atoms with van der Waals surface area (Å²) >= 11 is 0. The third-order valence-electron chi connectivity index (χ3n) is 7.63. The second kappa shape index (κ2) is 13.8. The van der Waals surface area contributed by atoms with Crippen molar-refractivity contribution < 1.29 is 23.8 Å². The van der Waals surface area contributed by atoms with E-state index < -0.39 is 32.4 Å². The first kappa shape index (κ1) is 31.1. The lowest BCUT2D eigenvalue weighted by molar-refractivity contribution is -0.125. The molecule has 1 heterocycles. The zero-order chi connectivity index (χ0) is 28.7. The first-order chi connectivity index (χ1) is 18.4. The fourth-order valence-electron chi connectivity index (χ4n) is 5.24. The number of carbonyl (C=O) groups excluding carboxylic acids is 2. The van der Waals surface area contributed by atoms with Crippen molar-refractivity contribution >= 4 is 25.5 Å². The molecule has 0 radical (unpaired) electrons. The first-order valence-electron chi connectivity index (χ1n) is 14.7. The number of ether oxygens (including phenoxy) is 1. The van der Waals surface area contributed by atoms with Crippen LogP contribution in [-0.2, 0) is 9.53 Å². The van der Waals surface area contributed by atoms with Crippen LogP contribution in [0.25, 0.3) is 11.3 Å². The second-order valence-electron chi connectivity index (χ2n) is 12.7. The van der Waals surface area contributed by atoms with Crippen molar-refractivity contribution in [1.29, 1.82) is 0 Å². The van der Waals surface area contributed by atoms with Crippen LogP contribution in [0.15, 0.2) is 21.3 Å². The van der Waals surface area contributed by atoms with E-state index in [4.69, 9.17) is 9.15 Å². The van der Waals surface area contributed by atoms with E-state index in [0.717, 1.165) is 43.9 Å². The van der Waals surface area contributed by atoms with Crippen molar-refractivity contribution in [3.05, 3.63) is 27.9 Å². The summed E-state index contributed by atoms with van der Waals surface area (Å²) in [6.45, 7) is 12.9. The van der Waals surface area contributed by atoms with Crippen molar-refractivity contribution in [3.63, 3.8) is 0 Å². The highest BCUT2D eigenvalue weighted by molar-refractivity contribution is 6.87. The monoisotopic (exact) mass is 560 g/mol. The normalized spacial score (nSPS) is 17.2. The largest absolute Gasteiger partial charge is 0.466 e. The van der Waals surface area contributed by atoms with Crippen molar-refractivity contribution in [3.8, 4) is 11.3 Å². The van der Waals surface area contributed by atoms with Crippen molar-refractivity contribution in [2.75, 3.05) is 6.61 Å². The van der Waals surface area contributed by atoms with Gasteiger partial charge in [0.2, 0.25) is 5.91 Å². The highest BCUT2D eigenvalue weighted by atomic mass is 28.3. The van der Waals surface area contributed by atoms with E-state index in [2.05, 4.69) is 30.3 Å². The molecule has 8 nitrogen and oxygen atoms in total. The number of unbranched alkanes of at least 4 members (excludes halogenated alkanes) is 1. The van der Waals surface area contributed by atoms with Gasteiger partial charge in [0.25, 0.3) is 0 Å². The molecule has 0 spiro atoms. The zero-order valence-electron chi connectivity index (χ0n) is 24.6. The molecule has 9 heteroatoms. The summed E-state index contributed by atoms with van der Waals surface area (Å²) in [5.74, 6) is 0.627. The average Bonchev–Trinajstić information content (AvgIpc) is 3.29. The molecule has 0 bridgehead atoms. The maximum atomic E-state index is 13.4. The number of rotatable bonds is 14. The SMILES string of the molecule is CCCC[C@H](NC(=O)C(CC(C)C)NC(=O)OCC1CCCCC1)C(O)c1c(-c2ccc([Si](C)(C)C)o2)c1=O. The van der Waals surface area contributed by atoms with Gasteiger partial charge in [0.05, 0.1) is 23.6 Å². The molecule has 0 aliphatic heterocycles. The summed E-state index contributed by atoms with van der Waals surface area (Å²) < 4.78 is 11.5. The maximum absolute atomic E-state index is 13.4. The van der Waals surface area contributed by atoms with Gasteiger partial charge in [-0.3, -0.25) is 9.59 Å². The van der Waals surface area contributed by atoms with E-state index in [1.807, 2.05) is 26.8 Å². The predicted molar refractivity (Wildman–Crippen MR) is 156 cm³/mol. The summed E-state index contributed by atoms with van der Waals surface area (Å²) in [6.07, 6.45) is 6.52. The number of aliphatic hydroxyl groups is 1. The molecule has 1 saturated carbocycles. The Bertz CT molecular complexity index is 1090. The number of aliphatic hydroxyl groups excluding tert-OH is 1. The van der Waals surface area contributed by atoms with Crippen molar-refractivity contribution in [1.82, 2.24) is 10.6 Å². The highest BCUT2D eigenvalue weighted by Gasteiger charge is 2.38. The summed E-state index contributed by atoms with van der Waals surface area (Å²) in [6, 6.07) is 2.25. The quantitative estimate of drug-likeness (QED) is 0.275. The molecule has 2 amide bonds. The van der Waals surface area contributed by atoms with Crippen molar-refractivity contribution in [2.24, 2.45) is 11.8 Å². The molecule has 1 aliphatic rings. The van der Waals surface area contributed by atoms with Crippen LogP contribution in [0, 0.1) is 11.8 Å². The number of furan rings is 1. The molecule has 3 N–H and O–H groups in total. The standard InChI is InChI=1S/C30H48N2O6Si/c1-7-8-14-21(27(33)26-25(28(26)34)23-15-16-24(38-23)39(4,5)6)31-29(35)22(17-19(2)3)32-30(36)37-18-20-12-10-9-11-13-20/h15-16,19-22,27,33H,7-14,17-18H2,1-6H3,(H,31,35)(H,32,36)/t21-,22?,27?/m0/s1. The van der Waals surface area contributed by atoms with Gasteiger partial charge < -0.3 is 24.9 Å².